The van der Waals surface area contributed by atoms with E-state index in [-0.39, 0.29) is 11.5 Å². The van der Waals surface area contributed by atoms with Gasteiger partial charge in [0.25, 0.3) is 0 Å². The van der Waals surface area contributed by atoms with Gasteiger partial charge in [-0.05, 0) is 65.8 Å². The fourth-order valence-electron chi connectivity index (χ4n) is 4.04. The lowest BCUT2D eigenvalue weighted by Gasteiger charge is -2.20. The van der Waals surface area contributed by atoms with Crippen molar-refractivity contribution >= 4 is 33.1 Å². The van der Waals surface area contributed by atoms with E-state index in [1.807, 2.05) is 43.3 Å². The molecule has 0 fully saturated rings. The zero-order valence-electron chi connectivity index (χ0n) is 17.3. The summed E-state index contributed by atoms with van der Waals surface area (Å²) in [5.74, 6) is -0.0265. The van der Waals surface area contributed by atoms with Crippen LogP contribution in [-0.2, 0) is 9.84 Å². The maximum absolute atomic E-state index is 12.4. The third kappa shape index (κ3) is 5.39. The molecule has 0 amide bonds. The third-order valence-electron chi connectivity index (χ3n) is 5.66. The van der Waals surface area contributed by atoms with Crippen LogP contribution >= 0.6 is 11.6 Å². The Balaban J connectivity index is 1.90. The van der Waals surface area contributed by atoms with Gasteiger partial charge in [-0.15, -0.1) is 0 Å². The molecule has 3 rings (SSSR count). The van der Waals surface area contributed by atoms with E-state index < -0.39 is 27.8 Å². The number of hydrogen-bond acceptors (Lipinski definition) is 5. The Hall–Kier alpha value is -2.12. The van der Waals surface area contributed by atoms with Crippen LogP contribution < -0.4 is 0 Å². The molecular formula is C24H27ClO5S. The van der Waals surface area contributed by atoms with Crippen molar-refractivity contribution in [1.82, 2.24) is 0 Å². The summed E-state index contributed by atoms with van der Waals surface area (Å²) >= 11 is 6.28. The van der Waals surface area contributed by atoms with Gasteiger partial charge in [-0.25, -0.2) is 8.42 Å². The standard InChI is InChI=1S/C24H27ClO5S/c1-2-16-15-31(29,30)23(14-26)24(16)22(28)11-9-18(17-6-4-3-5-7-17)12-19-8-10-20(27)13-21(19)25/h3-8,10,12-13,22-23,26-28H,2,9,11,14-15H2,1H3/b18-12-/t22-,23+/m1/s1. The Morgan fingerprint density at radius 3 is 2.55 bits per heavy atom. The fourth-order valence-corrected chi connectivity index (χ4v) is 6.26. The van der Waals surface area contributed by atoms with Crippen LogP contribution in [0.4, 0.5) is 0 Å². The molecule has 166 valence electrons. The van der Waals surface area contributed by atoms with Gasteiger partial charge < -0.3 is 15.3 Å². The summed E-state index contributed by atoms with van der Waals surface area (Å²) in [4.78, 5) is 0. The number of halogens is 1. The monoisotopic (exact) mass is 462 g/mol. The first-order chi connectivity index (χ1) is 14.8. The summed E-state index contributed by atoms with van der Waals surface area (Å²) < 4.78 is 24.8. The van der Waals surface area contributed by atoms with Gasteiger partial charge in [0.2, 0.25) is 0 Å². The van der Waals surface area contributed by atoms with Gasteiger partial charge in [-0.3, -0.25) is 0 Å². The average Bonchev–Trinajstić information content (AvgIpc) is 3.02. The summed E-state index contributed by atoms with van der Waals surface area (Å²) in [6.45, 7) is 1.34. The van der Waals surface area contributed by atoms with Crippen molar-refractivity contribution in [3.63, 3.8) is 0 Å². The second-order valence-electron chi connectivity index (χ2n) is 7.69. The number of allylic oxidation sites excluding steroid dienone is 1. The Labute approximate surface area is 188 Å². The zero-order chi connectivity index (χ0) is 22.6. The van der Waals surface area contributed by atoms with E-state index in [0.29, 0.717) is 35.4 Å². The molecule has 3 N–H and O–H groups in total. The lowest BCUT2D eigenvalue weighted by Crippen LogP contribution is -2.29. The molecule has 2 aromatic carbocycles. The highest BCUT2D eigenvalue weighted by Crippen LogP contribution is 2.35. The Morgan fingerprint density at radius 2 is 1.94 bits per heavy atom. The van der Waals surface area contributed by atoms with Crippen LogP contribution in [0.5, 0.6) is 5.75 Å². The number of sulfone groups is 1. The van der Waals surface area contributed by atoms with Crippen LogP contribution in [0, 0.1) is 0 Å². The minimum absolute atomic E-state index is 0.0790. The summed E-state index contributed by atoms with van der Waals surface area (Å²) in [6.07, 6.45) is 2.25. The highest BCUT2D eigenvalue weighted by atomic mass is 35.5. The molecule has 1 aliphatic heterocycles. The van der Waals surface area contributed by atoms with Crippen molar-refractivity contribution in [1.29, 1.82) is 0 Å². The van der Waals surface area contributed by atoms with Crippen LogP contribution in [0.25, 0.3) is 11.6 Å². The number of aliphatic hydroxyl groups is 2. The van der Waals surface area contributed by atoms with Crippen molar-refractivity contribution in [3.05, 3.63) is 75.8 Å². The van der Waals surface area contributed by atoms with Gasteiger partial charge in [0.15, 0.2) is 9.84 Å². The predicted molar refractivity (Wildman–Crippen MR) is 125 cm³/mol. The van der Waals surface area contributed by atoms with E-state index in [1.54, 1.807) is 12.1 Å². The van der Waals surface area contributed by atoms with Gasteiger partial charge in [-0.1, -0.05) is 54.4 Å². The van der Waals surface area contributed by atoms with Crippen molar-refractivity contribution in [2.45, 2.75) is 37.5 Å². The van der Waals surface area contributed by atoms with Crippen LogP contribution in [0.2, 0.25) is 5.02 Å². The van der Waals surface area contributed by atoms with Crippen molar-refractivity contribution in [2.75, 3.05) is 12.4 Å². The first kappa shape index (κ1) is 23.5. The van der Waals surface area contributed by atoms with Gasteiger partial charge in [0.05, 0.1) is 23.5 Å². The van der Waals surface area contributed by atoms with Crippen molar-refractivity contribution < 1.29 is 23.7 Å². The molecular weight excluding hydrogens is 436 g/mol. The van der Waals surface area contributed by atoms with E-state index in [0.717, 1.165) is 16.7 Å². The summed E-state index contributed by atoms with van der Waals surface area (Å²) in [7, 11) is -3.48. The lowest BCUT2D eigenvalue weighted by atomic mass is 9.92. The summed E-state index contributed by atoms with van der Waals surface area (Å²) in [5, 5.41) is 29.6. The topological polar surface area (TPSA) is 94.8 Å². The summed E-state index contributed by atoms with van der Waals surface area (Å²) in [6, 6.07) is 14.4. The molecule has 0 spiro atoms. The second kappa shape index (κ2) is 10.0. The van der Waals surface area contributed by atoms with Gasteiger partial charge in [-0.2, -0.15) is 0 Å². The Kier molecular flexibility index (Phi) is 7.59. The van der Waals surface area contributed by atoms with Gasteiger partial charge >= 0.3 is 0 Å². The molecule has 0 saturated heterocycles. The van der Waals surface area contributed by atoms with Crippen molar-refractivity contribution in [3.8, 4) is 5.75 Å². The maximum atomic E-state index is 12.4. The quantitative estimate of drug-likeness (QED) is 0.403. The molecule has 0 aromatic heterocycles. The maximum Gasteiger partial charge on any atom is 0.163 e. The number of benzene rings is 2. The Morgan fingerprint density at radius 1 is 1.23 bits per heavy atom. The molecule has 1 heterocycles. The predicted octanol–water partition coefficient (Wildman–Crippen LogP) is 4.22. The average molecular weight is 463 g/mol. The Bertz CT molecular complexity index is 1090. The van der Waals surface area contributed by atoms with Crippen molar-refractivity contribution in [2.24, 2.45) is 0 Å². The fraction of sp³-hybridized carbons (Fsp3) is 0.333. The van der Waals surface area contributed by atoms with E-state index in [9.17, 15) is 23.7 Å². The summed E-state index contributed by atoms with van der Waals surface area (Å²) in [5.41, 5.74) is 3.75. The number of hydrogen-bond donors (Lipinski definition) is 3. The molecule has 31 heavy (non-hydrogen) atoms. The molecule has 7 heteroatoms. The largest absolute Gasteiger partial charge is 0.508 e. The number of phenolic OH excluding ortho intramolecular Hbond substituents is 1. The number of rotatable bonds is 8. The molecule has 2 aromatic rings. The van der Waals surface area contributed by atoms with E-state index in [1.165, 1.54) is 6.07 Å². The second-order valence-corrected chi connectivity index (χ2v) is 10.3. The SMILES string of the molecule is CCC1=C([C@H](O)CC/C(=C/c2ccc(O)cc2Cl)c2ccccc2)[C@H](CO)S(=O)(=O)C1. The zero-order valence-corrected chi connectivity index (χ0v) is 18.9. The number of phenols is 1. The molecule has 0 bridgehead atoms. The van der Waals surface area contributed by atoms with Crippen LogP contribution in [0.1, 0.15) is 37.3 Å². The highest BCUT2D eigenvalue weighted by molar-refractivity contribution is 7.92. The molecule has 0 aliphatic carbocycles. The molecule has 0 unspecified atom stereocenters. The first-order valence-corrected chi connectivity index (χ1v) is 12.3. The van der Waals surface area contributed by atoms with E-state index in [2.05, 4.69) is 0 Å². The minimum Gasteiger partial charge on any atom is -0.508 e. The van der Waals surface area contributed by atoms with Crippen LogP contribution in [0.15, 0.2) is 59.7 Å². The van der Waals surface area contributed by atoms with E-state index >= 15 is 0 Å². The van der Waals surface area contributed by atoms with Crippen LogP contribution in [-0.4, -0.2) is 47.5 Å². The molecule has 0 radical (unpaired) electrons. The van der Waals surface area contributed by atoms with Gasteiger partial charge in [0.1, 0.15) is 11.0 Å². The molecule has 2 atom stereocenters. The minimum atomic E-state index is -3.48. The lowest BCUT2D eigenvalue weighted by molar-refractivity contribution is 0.190. The smallest absolute Gasteiger partial charge is 0.163 e. The van der Waals surface area contributed by atoms with Crippen LogP contribution in [0.3, 0.4) is 0 Å². The molecule has 5 nitrogen and oxygen atoms in total. The third-order valence-corrected chi connectivity index (χ3v) is 8.01. The molecule has 0 saturated carbocycles. The first-order valence-electron chi connectivity index (χ1n) is 10.2. The molecule has 1 aliphatic rings. The number of aromatic hydroxyl groups is 1. The van der Waals surface area contributed by atoms with E-state index in [4.69, 9.17) is 11.6 Å². The number of aliphatic hydroxyl groups excluding tert-OH is 2. The highest BCUT2D eigenvalue weighted by Gasteiger charge is 2.40. The van der Waals surface area contributed by atoms with Gasteiger partial charge in [0, 0.05) is 0 Å². The normalized spacial score (nSPS) is 19.6.